The lowest BCUT2D eigenvalue weighted by atomic mass is 10.0. The fourth-order valence-electron chi connectivity index (χ4n) is 3.71. The maximum atomic E-state index is 12.6. The molecule has 1 amide bonds. The molecule has 36 heavy (non-hydrogen) atoms. The van der Waals surface area contributed by atoms with Crippen LogP contribution in [0.2, 0.25) is 0 Å². The number of anilines is 1. The first-order valence-corrected chi connectivity index (χ1v) is 12.7. The fourth-order valence-corrected chi connectivity index (χ4v) is 3.92. The first-order chi connectivity index (χ1) is 17.4. The number of amides is 1. The summed E-state index contributed by atoms with van der Waals surface area (Å²) in [7, 11) is 0. The van der Waals surface area contributed by atoms with Gasteiger partial charge in [0.15, 0.2) is 16.6 Å². The molecule has 1 heterocycles. The zero-order valence-corrected chi connectivity index (χ0v) is 21.7. The van der Waals surface area contributed by atoms with Crippen LogP contribution < -0.4 is 15.4 Å². The Morgan fingerprint density at radius 3 is 2.64 bits per heavy atom. The maximum absolute atomic E-state index is 12.6. The summed E-state index contributed by atoms with van der Waals surface area (Å²) < 4.78 is 11.6. The van der Waals surface area contributed by atoms with Crippen molar-refractivity contribution in [3.8, 4) is 5.75 Å². The van der Waals surface area contributed by atoms with Gasteiger partial charge in [-0.2, -0.15) is 0 Å². The standard InChI is InChI=1S/C29H31N3O3S/c1-4-5-15-34-24-8-6-7-22(17-24)28(33)32-29(36)30-23-12-9-20(10-13-23)16-27-31-25-18-21(19(2)3)11-14-26(25)35-27/h6-14,17-19H,4-5,15-16H2,1-3H3,(H2,30,32,33,36). The molecule has 186 valence electrons. The number of aromatic nitrogens is 1. The Labute approximate surface area is 217 Å². The quantitative estimate of drug-likeness (QED) is 0.193. The minimum Gasteiger partial charge on any atom is -0.494 e. The van der Waals surface area contributed by atoms with E-state index in [1.54, 1.807) is 18.2 Å². The summed E-state index contributed by atoms with van der Waals surface area (Å²) in [5.74, 6) is 1.50. The molecule has 0 fully saturated rings. The number of nitrogens with zero attached hydrogens (tertiary/aromatic N) is 1. The maximum Gasteiger partial charge on any atom is 0.257 e. The second kappa shape index (κ2) is 11.8. The van der Waals surface area contributed by atoms with Crippen LogP contribution >= 0.6 is 12.2 Å². The monoisotopic (exact) mass is 501 g/mol. The lowest BCUT2D eigenvalue weighted by Gasteiger charge is -2.11. The van der Waals surface area contributed by atoms with Crippen molar-refractivity contribution in [1.82, 2.24) is 10.3 Å². The highest BCUT2D eigenvalue weighted by molar-refractivity contribution is 7.80. The van der Waals surface area contributed by atoms with Crippen molar-refractivity contribution in [1.29, 1.82) is 0 Å². The molecule has 0 unspecified atom stereocenters. The first kappa shape index (κ1) is 25.4. The Morgan fingerprint density at radius 1 is 1.08 bits per heavy atom. The lowest BCUT2D eigenvalue weighted by Crippen LogP contribution is -2.34. The van der Waals surface area contributed by atoms with Crippen LogP contribution in [-0.4, -0.2) is 22.6 Å². The number of fused-ring (bicyclic) bond motifs is 1. The largest absolute Gasteiger partial charge is 0.494 e. The molecule has 0 aliphatic heterocycles. The van der Waals surface area contributed by atoms with Gasteiger partial charge in [0.2, 0.25) is 0 Å². The molecule has 0 aliphatic rings. The van der Waals surface area contributed by atoms with Gasteiger partial charge in [-0.1, -0.05) is 51.5 Å². The Kier molecular flexibility index (Phi) is 8.33. The molecule has 0 radical (unpaired) electrons. The van der Waals surface area contributed by atoms with Crippen molar-refractivity contribution >= 4 is 40.0 Å². The number of carbonyl (C=O) groups excluding carboxylic acids is 1. The molecule has 6 nitrogen and oxygen atoms in total. The highest BCUT2D eigenvalue weighted by Gasteiger charge is 2.11. The normalized spacial score (nSPS) is 11.0. The van der Waals surface area contributed by atoms with E-state index in [9.17, 15) is 4.79 Å². The molecule has 0 bridgehead atoms. The number of hydrogen-bond acceptors (Lipinski definition) is 5. The zero-order chi connectivity index (χ0) is 25.5. The molecule has 4 aromatic rings. The number of oxazole rings is 1. The Balaban J connectivity index is 1.32. The van der Waals surface area contributed by atoms with E-state index >= 15 is 0 Å². The van der Waals surface area contributed by atoms with Gasteiger partial charge in [-0.25, -0.2) is 4.98 Å². The van der Waals surface area contributed by atoms with E-state index in [4.69, 9.17) is 21.4 Å². The van der Waals surface area contributed by atoms with Crippen molar-refractivity contribution in [3.63, 3.8) is 0 Å². The van der Waals surface area contributed by atoms with E-state index in [1.165, 1.54) is 5.56 Å². The van der Waals surface area contributed by atoms with Crippen LogP contribution in [0.3, 0.4) is 0 Å². The second-order valence-electron chi connectivity index (χ2n) is 9.00. The average Bonchev–Trinajstić information content (AvgIpc) is 3.27. The summed E-state index contributed by atoms with van der Waals surface area (Å²) in [6, 6.07) is 21.0. The van der Waals surface area contributed by atoms with Crippen molar-refractivity contribution in [3.05, 3.63) is 89.3 Å². The summed E-state index contributed by atoms with van der Waals surface area (Å²) in [6.45, 7) is 7.06. The topological polar surface area (TPSA) is 76.4 Å². The van der Waals surface area contributed by atoms with Gasteiger partial charge in [-0.05, 0) is 78.1 Å². The number of rotatable bonds is 9. The predicted molar refractivity (Wildman–Crippen MR) is 148 cm³/mol. The molecular weight excluding hydrogens is 470 g/mol. The molecule has 7 heteroatoms. The van der Waals surface area contributed by atoms with E-state index in [2.05, 4.69) is 48.5 Å². The van der Waals surface area contributed by atoms with Crippen LogP contribution in [-0.2, 0) is 6.42 Å². The number of ether oxygens (including phenoxy) is 1. The summed E-state index contributed by atoms with van der Waals surface area (Å²) in [6.07, 6.45) is 2.61. The Morgan fingerprint density at radius 2 is 1.89 bits per heavy atom. The van der Waals surface area contributed by atoms with Crippen molar-refractivity contribution in [2.75, 3.05) is 11.9 Å². The number of carbonyl (C=O) groups is 1. The van der Waals surface area contributed by atoms with Crippen LogP contribution in [0.15, 0.2) is 71.1 Å². The van der Waals surface area contributed by atoms with E-state index in [0.717, 1.165) is 35.2 Å². The summed E-state index contributed by atoms with van der Waals surface area (Å²) in [5, 5.41) is 6.01. The molecule has 0 spiro atoms. The second-order valence-corrected chi connectivity index (χ2v) is 9.41. The molecule has 4 rings (SSSR count). The minimum atomic E-state index is -0.290. The van der Waals surface area contributed by atoms with E-state index in [1.807, 2.05) is 36.4 Å². The Bertz CT molecular complexity index is 1350. The van der Waals surface area contributed by atoms with Crippen LogP contribution in [0, 0.1) is 0 Å². The van der Waals surface area contributed by atoms with Gasteiger partial charge >= 0.3 is 0 Å². The smallest absolute Gasteiger partial charge is 0.257 e. The fraction of sp³-hybridized carbons (Fsp3) is 0.276. The van der Waals surface area contributed by atoms with Crippen LogP contribution in [0.5, 0.6) is 5.75 Å². The molecule has 2 N–H and O–H groups in total. The van der Waals surface area contributed by atoms with Gasteiger partial charge in [0.05, 0.1) is 6.61 Å². The van der Waals surface area contributed by atoms with Crippen molar-refractivity contribution in [2.24, 2.45) is 0 Å². The van der Waals surface area contributed by atoms with Crippen LogP contribution in [0.4, 0.5) is 5.69 Å². The Hall–Kier alpha value is -3.71. The first-order valence-electron chi connectivity index (χ1n) is 12.2. The van der Waals surface area contributed by atoms with Crippen molar-refractivity contribution < 1.29 is 13.9 Å². The van der Waals surface area contributed by atoms with Gasteiger partial charge in [-0.3, -0.25) is 10.1 Å². The van der Waals surface area contributed by atoms with E-state index < -0.39 is 0 Å². The third kappa shape index (κ3) is 6.70. The molecule has 1 aromatic heterocycles. The molecule has 3 aromatic carbocycles. The van der Waals surface area contributed by atoms with Gasteiger partial charge in [-0.15, -0.1) is 0 Å². The van der Waals surface area contributed by atoms with Crippen molar-refractivity contribution in [2.45, 2.75) is 46.0 Å². The minimum absolute atomic E-state index is 0.227. The molecular formula is C29H31N3O3S. The zero-order valence-electron chi connectivity index (χ0n) is 20.8. The number of nitrogens with one attached hydrogen (secondary N) is 2. The van der Waals surface area contributed by atoms with Crippen LogP contribution in [0.25, 0.3) is 11.1 Å². The van der Waals surface area contributed by atoms with Gasteiger partial charge in [0, 0.05) is 17.7 Å². The summed E-state index contributed by atoms with van der Waals surface area (Å²) in [4.78, 5) is 17.3. The summed E-state index contributed by atoms with van der Waals surface area (Å²) >= 11 is 5.33. The summed E-state index contributed by atoms with van der Waals surface area (Å²) in [5.41, 5.74) is 5.25. The third-order valence-electron chi connectivity index (χ3n) is 5.78. The van der Waals surface area contributed by atoms with Gasteiger partial charge in [0.1, 0.15) is 11.3 Å². The third-order valence-corrected chi connectivity index (χ3v) is 5.98. The van der Waals surface area contributed by atoms with E-state index in [0.29, 0.717) is 36.1 Å². The number of benzene rings is 3. The predicted octanol–water partition coefficient (Wildman–Crippen LogP) is 6.85. The number of unbranched alkanes of at least 4 members (excludes halogenated alkanes) is 1. The highest BCUT2D eigenvalue weighted by atomic mass is 32.1. The molecule has 0 saturated carbocycles. The SMILES string of the molecule is CCCCOc1cccc(C(=O)NC(=S)Nc2ccc(Cc3nc4cc(C(C)C)ccc4o3)cc2)c1. The highest BCUT2D eigenvalue weighted by Crippen LogP contribution is 2.23. The lowest BCUT2D eigenvalue weighted by molar-refractivity contribution is 0.0977. The molecule has 0 aliphatic carbocycles. The molecule has 0 saturated heterocycles. The van der Waals surface area contributed by atoms with Crippen LogP contribution in [0.1, 0.15) is 66.9 Å². The van der Waals surface area contributed by atoms with Gasteiger partial charge in [0.25, 0.3) is 5.91 Å². The van der Waals surface area contributed by atoms with Gasteiger partial charge < -0.3 is 14.5 Å². The molecule has 0 atom stereocenters. The number of hydrogen-bond donors (Lipinski definition) is 2. The van der Waals surface area contributed by atoms with E-state index in [-0.39, 0.29) is 11.0 Å². The average molecular weight is 502 g/mol. The number of thiocarbonyl (C=S) groups is 1.